The van der Waals surface area contributed by atoms with E-state index in [0.717, 1.165) is 5.56 Å². The minimum atomic E-state index is -4.97. The lowest BCUT2D eigenvalue weighted by atomic mass is 10.1. The summed E-state index contributed by atoms with van der Waals surface area (Å²) < 4.78 is 48.1. The van der Waals surface area contributed by atoms with Crippen LogP contribution in [0.25, 0.3) is 0 Å². The molecule has 0 bridgehead atoms. The lowest BCUT2D eigenvalue weighted by Gasteiger charge is -2.24. The van der Waals surface area contributed by atoms with Crippen LogP contribution in [0.2, 0.25) is 0 Å². The van der Waals surface area contributed by atoms with Crippen LogP contribution in [0.1, 0.15) is 18.4 Å². The van der Waals surface area contributed by atoms with Crippen LogP contribution < -0.4 is 14.8 Å². The summed E-state index contributed by atoms with van der Waals surface area (Å²) in [7, 11) is 3.03. The highest BCUT2D eigenvalue weighted by Crippen LogP contribution is 2.28. The van der Waals surface area contributed by atoms with Gasteiger partial charge in [-0.25, -0.2) is 0 Å². The van der Waals surface area contributed by atoms with Crippen molar-refractivity contribution < 1.29 is 32.2 Å². The molecule has 1 aliphatic rings. The van der Waals surface area contributed by atoms with Crippen molar-refractivity contribution in [3.8, 4) is 11.5 Å². The van der Waals surface area contributed by atoms with Gasteiger partial charge in [0, 0.05) is 13.1 Å². The Kier molecular flexibility index (Phi) is 6.33. The molecule has 2 amide bonds. The molecule has 2 rings (SSSR count). The predicted octanol–water partition coefficient (Wildman–Crippen LogP) is 1.92. The van der Waals surface area contributed by atoms with Gasteiger partial charge in [-0.3, -0.25) is 9.59 Å². The van der Waals surface area contributed by atoms with Crippen molar-refractivity contribution in [2.75, 3.05) is 27.3 Å². The van der Waals surface area contributed by atoms with Gasteiger partial charge in [-0.15, -0.1) is 0 Å². The van der Waals surface area contributed by atoms with Gasteiger partial charge in [0.05, 0.1) is 14.2 Å². The van der Waals surface area contributed by atoms with E-state index >= 15 is 0 Å². The number of rotatable bonds is 6. The summed E-state index contributed by atoms with van der Waals surface area (Å²) in [5.74, 6) is -1.41. The van der Waals surface area contributed by atoms with E-state index in [9.17, 15) is 22.8 Å². The van der Waals surface area contributed by atoms with Crippen molar-refractivity contribution in [2.45, 2.75) is 31.5 Å². The molecule has 1 atom stereocenters. The molecule has 0 radical (unpaired) electrons. The molecule has 1 aromatic carbocycles. The number of ether oxygens (including phenoxy) is 2. The van der Waals surface area contributed by atoms with Crippen LogP contribution in [0.4, 0.5) is 13.2 Å². The Balaban J connectivity index is 1.91. The highest BCUT2D eigenvalue weighted by Gasteiger charge is 2.47. The molecule has 1 aromatic rings. The lowest BCUT2D eigenvalue weighted by Crippen LogP contribution is -2.50. The molecule has 1 N–H and O–H groups in total. The average molecular weight is 374 g/mol. The highest BCUT2D eigenvalue weighted by molar-refractivity contribution is 5.90. The number of amides is 2. The number of benzene rings is 1. The largest absolute Gasteiger partial charge is 0.493 e. The maximum Gasteiger partial charge on any atom is 0.471 e. The first-order chi connectivity index (χ1) is 12.3. The molecule has 144 valence electrons. The molecule has 1 fully saturated rings. The molecule has 9 heteroatoms. The van der Waals surface area contributed by atoms with Crippen LogP contribution in [0.15, 0.2) is 18.2 Å². The zero-order valence-corrected chi connectivity index (χ0v) is 14.6. The Bertz CT molecular complexity index is 664. The Morgan fingerprint density at radius 3 is 2.54 bits per heavy atom. The first-order valence-corrected chi connectivity index (χ1v) is 8.14. The van der Waals surface area contributed by atoms with Crippen molar-refractivity contribution in [2.24, 2.45) is 0 Å². The minimum Gasteiger partial charge on any atom is -0.493 e. The van der Waals surface area contributed by atoms with Crippen LogP contribution in [0.5, 0.6) is 11.5 Å². The second kappa shape index (κ2) is 8.29. The van der Waals surface area contributed by atoms with E-state index in [1.54, 1.807) is 12.1 Å². The fourth-order valence-corrected chi connectivity index (χ4v) is 2.93. The summed E-state index contributed by atoms with van der Waals surface area (Å²) in [6.45, 7) is 0.172. The molecule has 1 heterocycles. The Morgan fingerprint density at radius 1 is 1.23 bits per heavy atom. The monoisotopic (exact) mass is 374 g/mol. The first-order valence-electron chi connectivity index (χ1n) is 8.14. The number of nitrogens with zero attached hydrogens (tertiary/aromatic N) is 1. The van der Waals surface area contributed by atoms with Gasteiger partial charge in [0.2, 0.25) is 5.91 Å². The number of hydrogen-bond acceptors (Lipinski definition) is 4. The van der Waals surface area contributed by atoms with Gasteiger partial charge in [0.25, 0.3) is 0 Å². The minimum absolute atomic E-state index is 0.0634. The van der Waals surface area contributed by atoms with Crippen molar-refractivity contribution in [3.63, 3.8) is 0 Å². The number of halogens is 3. The predicted molar refractivity (Wildman–Crippen MR) is 87.0 cm³/mol. The zero-order valence-electron chi connectivity index (χ0n) is 14.6. The van der Waals surface area contributed by atoms with E-state index in [1.807, 2.05) is 6.07 Å². The van der Waals surface area contributed by atoms with Crippen LogP contribution in [0.3, 0.4) is 0 Å². The van der Waals surface area contributed by atoms with E-state index in [0.29, 0.717) is 29.2 Å². The number of carbonyl (C=O) groups is 2. The van der Waals surface area contributed by atoms with Gasteiger partial charge in [0.1, 0.15) is 6.04 Å². The third-order valence-electron chi connectivity index (χ3n) is 4.22. The summed E-state index contributed by atoms with van der Waals surface area (Å²) in [6, 6.07) is 4.23. The van der Waals surface area contributed by atoms with Crippen molar-refractivity contribution in [1.29, 1.82) is 0 Å². The van der Waals surface area contributed by atoms with Crippen LogP contribution in [-0.4, -0.2) is 56.2 Å². The number of likely N-dealkylation sites (tertiary alicyclic amines) is 1. The summed E-state index contributed by atoms with van der Waals surface area (Å²) >= 11 is 0. The second-order valence-electron chi connectivity index (χ2n) is 5.88. The average Bonchev–Trinajstić information content (AvgIpc) is 3.09. The first kappa shape index (κ1) is 19.9. The van der Waals surface area contributed by atoms with Gasteiger partial charge >= 0.3 is 12.1 Å². The quantitative estimate of drug-likeness (QED) is 0.826. The maximum absolute atomic E-state index is 12.6. The van der Waals surface area contributed by atoms with Crippen molar-refractivity contribution in [3.05, 3.63) is 23.8 Å². The van der Waals surface area contributed by atoms with E-state index in [2.05, 4.69) is 5.32 Å². The zero-order chi connectivity index (χ0) is 19.3. The number of alkyl halides is 3. The Hall–Kier alpha value is -2.45. The molecule has 0 aliphatic carbocycles. The molecular weight excluding hydrogens is 353 g/mol. The van der Waals surface area contributed by atoms with Crippen LogP contribution in [0, 0.1) is 0 Å². The molecule has 0 spiro atoms. The molecule has 1 aliphatic heterocycles. The second-order valence-corrected chi connectivity index (χ2v) is 5.88. The van der Waals surface area contributed by atoms with Gasteiger partial charge < -0.3 is 19.7 Å². The third-order valence-corrected chi connectivity index (χ3v) is 4.22. The van der Waals surface area contributed by atoms with Gasteiger partial charge in [-0.1, -0.05) is 6.07 Å². The number of carbonyl (C=O) groups excluding carboxylic acids is 2. The molecular formula is C17H21F3N2O4. The lowest BCUT2D eigenvalue weighted by molar-refractivity contribution is -0.186. The highest BCUT2D eigenvalue weighted by atomic mass is 19.4. The number of methoxy groups -OCH3 is 2. The summed E-state index contributed by atoms with van der Waals surface area (Å²) in [5, 5.41) is 2.60. The number of hydrogen-bond donors (Lipinski definition) is 1. The standard InChI is InChI=1S/C17H21F3N2O4/c1-25-13-6-5-11(10-14(13)26-2)7-8-21-15(23)12-4-3-9-22(12)16(24)17(18,19)20/h5-6,10,12H,3-4,7-9H2,1-2H3,(H,21,23). The van der Waals surface area contributed by atoms with Crippen molar-refractivity contribution in [1.82, 2.24) is 10.2 Å². The smallest absolute Gasteiger partial charge is 0.471 e. The van der Waals surface area contributed by atoms with Crippen LogP contribution >= 0.6 is 0 Å². The summed E-state index contributed by atoms with van der Waals surface area (Å²) in [6.07, 6.45) is -3.91. The fourth-order valence-electron chi connectivity index (χ4n) is 2.93. The summed E-state index contributed by atoms with van der Waals surface area (Å²) in [4.78, 5) is 24.2. The SMILES string of the molecule is COc1ccc(CCNC(=O)C2CCCN2C(=O)C(F)(F)F)cc1OC. The van der Waals surface area contributed by atoms with E-state index in [4.69, 9.17) is 9.47 Å². The van der Waals surface area contributed by atoms with Gasteiger partial charge in [-0.05, 0) is 37.0 Å². The Morgan fingerprint density at radius 2 is 1.92 bits per heavy atom. The molecule has 6 nitrogen and oxygen atoms in total. The van der Waals surface area contributed by atoms with E-state index in [1.165, 1.54) is 14.2 Å². The Labute approximate surface area is 149 Å². The molecule has 26 heavy (non-hydrogen) atoms. The maximum atomic E-state index is 12.6. The normalized spacial score (nSPS) is 17.1. The molecule has 0 aromatic heterocycles. The molecule has 1 unspecified atom stereocenters. The summed E-state index contributed by atoms with van der Waals surface area (Å²) in [5.41, 5.74) is 0.873. The topological polar surface area (TPSA) is 67.9 Å². The van der Waals surface area contributed by atoms with Gasteiger partial charge in [-0.2, -0.15) is 13.2 Å². The van der Waals surface area contributed by atoms with Gasteiger partial charge in [0.15, 0.2) is 11.5 Å². The van der Waals surface area contributed by atoms with Crippen LogP contribution in [-0.2, 0) is 16.0 Å². The molecule has 0 saturated carbocycles. The third kappa shape index (κ3) is 4.59. The van der Waals surface area contributed by atoms with E-state index in [-0.39, 0.29) is 19.5 Å². The fraction of sp³-hybridized carbons (Fsp3) is 0.529. The van der Waals surface area contributed by atoms with E-state index < -0.39 is 24.0 Å². The molecule has 1 saturated heterocycles. The van der Waals surface area contributed by atoms with Crippen molar-refractivity contribution >= 4 is 11.8 Å². The number of nitrogens with one attached hydrogen (secondary N) is 1.